The van der Waals surface area contributed by atoms with Gasteiger partial charge in [0.05, 0.1) is 0 Å². The lowest BCUT2D eigenvalue weighted by molar-refractivity contribution is 1.48. The summed E-state index contributed by atoms with van der Waals surface area (Å²) in [5, 5.41) is 4.98. The van der Waals surface area contributed by atoms with Gasteiger partial charge in [-0.3, -0.25) is 0 Å². The summed E-state index contributed by atoms with van der Waals surface area (Å²) >= 11 is 0. The molecule has 0 fully saturated rings. The van der Waals surface area contributed by atoms with Crippen molar-refractivity contribution in [2.45, 2.75) is 6.92 Å². The Morgan fingerprint density at radius 2 is 1.33 bits per heavy atom. The highest BCUT2D eigenvalue weighted by molar-refractivity contribution is 6.09. The molecular formula is C33H28. The van der Waals surface area contributed by atoms with Gasteiger partial charge in [-0.2, -0.15) is 0 Å². The third kappa shape index (κ3) is 4.56. The summed E-state index contributed by atoms with van der Waals surface area (Å²) in [6, 6.07) is 24.0. The highest BCUT2D eigenvalue weighted by atomic mass is 14.2. The molecule has 0 bridgehead atoms. The van der Waals surface area contributed by atoms with Crippen molar-refractivity contribution in [1.82, 2.24) is 0 Å². The van der Waals surface area contributed by atoms with Crippen molar-refractivity contribution in [2.75, 3.05) is 0 Å². The SMILES string of the molecule is C=C/C=C\C(=C)/C=C/C=C/c1ccc(-c2cc(C)c(C=C)c3ccccc23)c2ccccc12. The van der Waals surface area contributed by atoms with E-state index in [0.29, 0.717) is 0 Å². The van der Waals surface area contributed by atoms with E-state index in [9.17, 15) is 0 Å². The van der Waals surface area contributed by atoms with Gasteiger partial charge in [0.25, 0.3) is 0 Å². The Kier molecular flexibility index (Phi) is 6.66. The monoisotopic (exact) mass is 424 g/mol. The maximum Gasteiger partial charge on any atom is -0.00961 e. The Morgan fingerprint density at radius 3 is 2.03 bits per heavy atom. The first-order valence-electron chi connectivity index (χ1n) is 11.1. The van der Waals surface area contributed by atoms with Gasteiger partial charge in [-0.05, 0) is 61.9 Å². The Balaban J connectivity index is 1.82. The number of fused-ring (bicyclic) bond motifs is 2. The Hall–Kier alpha value is -4.16. The van der Waals surface area contributed by atoms with Crippen LogP contribution < -0.4 is 0 Å². The molecule has 0 aliphatic carbocycles. The van der Waals surface area contributed by atoms with Crippen LogP contribution in [0, 0.1) is 6.92 Å². The van der Waals surface area contributed by atoms with E-state index in [2.05, 4.69) is 106 Å². The highest BCUT2D eigenvalue weighted by Crippen LogP contribution is 2.38. The Morgan fingerprint density at radius 1 is 0.697 bits per heavy atom. The third-order valence-corrected chi connectivity index (χ3v) is 5.89. The van der Waals surface area contributed by atoms with Crippen molar-refractivity contribution in [3.8, 4) is 11.1 Å². The fraction of sp³-hybridized carbons (Fsp3) is 0.0303. The summed E-state index contributed by atoms with van der Waals surface area (Å²) in [5.74, 6) is 0. The van der Waals surface area contributed by atoms with Crippen molar-refractivity contribution in [1.29, 1.82) is 0 Å². The number of hydrogen-bond acceptors (Lipinski definition) is 0. The second-order valence-corrected chi connectivity index (χ2v) is 8.04. The molecule has 0 heterocycles. The molecule has 0 saturated heterocycles. The maximum atomic E-state index is 4.04. The molecule has 4 rings (SSSR count). The average Bonchev–Trinajstić information content (AvgIpc) is 2.85. The summed E-state index contributed by atoms with van der Waals surface area (Å²) < 4.78 is 0. The average molecular weight is 425 g/mol. The first-order valence-corrected chi connectivity index (χ1v) is 11.1. The number of benzene rings is 4. The molecule has 0 aliphatic heterocycles. The second-order valence-electron chi connectivity index (χ2n) is 8.04. The molecule has 0 radical (unpaired) electrons. The number of hydrogen-bond donors (Lipinski definition) is 0. The third-order valence-electron chi connectivity index (χ3n) is 5.89. The summed E-state index contributed by atoms with van der Waals surface area (Å²) in [7, 11) is 0. The lowest BCUT2D eigenvalue weighted by atomic mass is 9.88. The van der Waals surface area contributed by atoms with E-state index in [1.165, 1.54) is 49.4 Å². The molecular weight excluding hydrogens is 396 g/mol. The molecule has 0 heteroatoms. The lowest BCUT2D eigenvalue weighted by Gasteiger charge is -2.15. The van der Waals surface area contributed by atoms with E-state index < -0.39 is 0 Å². The van der Waals surface area contributed by atoms with Crippen molar-refractivity contribution in [3.63, 3.8) is 0 Å². The van der Waals surface area contributed by atoms with Gasteiger partial charge >= 0.3 is 0 Å². The van der Waals surface area contributed by atoms with Gasteiger partial charge in [0.15, 0.2) is 0 Å². The van der Waals surface area contributed by atoms with Crippen LogP contribution in [0.3, 0.4) is 0 Å². The molecule has 0 aliphatic rings. The zero-order chi connectivity index (χ0) is 23.2. The van der Waals surface area contributed by atoms with Crippen molar-refractivity contribution in [2.24, 2.45) is 0 Å². The zero-order valence-corrected chi connectivity index (χ0v) is 19.1. The van der Waals surface area contributed by atoms with Crippen LogP contribution in [0.5, 0.6) is 0 Å². The van der Waals surface area contributed by atoms with E-state index in [4.69, 9.17) is 0 Å². The van der Waals surface area contributed by atoms with E-state index in [-0.39, 0.29) is 0 Å². The Labute approximate surface area is 196 Å². The van der Waals surface area contributed by atoms with E-state index in [1.54, 1.807) is 6.08 Å². The Bertz CT molecular complexity index is 1450. The molecule has 4 aromatic rings. The fourth-order valence-electron chi connectivity index (χ4n) is 4.32. The van der Waals surface area contributed by atoms with Crippen molar-refractivity contribution >= 4 is 33.7 Å². The molecule has 0 nitrogen and oxygen atoms in total. The minimum absolute atomic E-state index is 0.935. The van der Waals surface area contributed by atoms with Crippen LogP contribution in [0.2, 0.25) is 0 Å². The zero-order valence-electron chi connectivity index (χ0n) is 19.1. The summed E-state index contributed by atoms with van der Waals surface area (Å²) in [6.07, 6.45) is 15.7. The fourth-order valence-corrected chi connectivity index (χ4v) is 4.32. The number of rotatable bonds is 7. The van der Waals surface area contributed by atoms with E-state index >= 15 is 0 Å². The molecule has 0 unspecified atom stereocenters. The number of allylic oxidation sites excluding steroid dienone is 7. The molecule has 4 aromatic carbocycles. The smallest absolute Gasteiger partial charge is 0.00961 e. The minimum Gasteiger partial charge on any atom is -0.0991 e. The second kappa shape index (κ2) is 9.97. The van der Waals surface area contributed by atoms with Crippen molar-refractivity contribution < 1.29 is 0 Å². The molecule has 0 atom stereocenters. The van der Waals surface area contributed by atoms with Crippen LogP contribution in [-0.2, 0) is 0 Å². The van der Waals surface area contributed by atoms with Gasteiger partial charge in [0.1, 0.15) is 0 Å². The normalized spacial score (nSPS) is 11.8. The largest absolute Gasteiger partial charge is 0.0991 e. The predicted molar refractivity (Wildman–Crippen MR) is 148 cm³/mol. The number of aryl methyl sites for hydroxylation is 1. The van der Waals surface area contributed by atoms with Gasteiger partial charge in [-0.15, -0.1) is 0 Å². The van der Waals surface area contributed by atoms with Crippen LogP contribution in [0.1, 0.15) is 16.7 Å². The predicted octanol–water partition coefficient (Wildman–Crippen LogP) is 9.48. The first kappa shape index (κ1) is 22.0. The maximum absolute atomic E-state index is 4.04. The molecule has 0 N–H and O–H groups in total. The van der Waals surface area contributed by atoms with Gasteiger partial charge in [-0.25, -0.2) is 0 Å². The van der Waals surface area contributed by atoms with Gasteiger partial charge in [0, 0.05) is 0 Å². The summed E-state index contributed by atoms with van der Waals surface area (Å²) in [6.45, 7) is 13.9. The van der Waals surface area contributed by atoms with Crippen molar-refractivity contribution in [3.05, 3.63) is 145 Å². The van der Waals surface area contributed by atoms with Gasteiger partial charge in [0.2, 0.25) is 0 Å². The van der Waals surface area contributed by atoms with E-state index in [1.807, 2.05) is 30.4 Å². The molecule has 33 heavy (non-hydrogen) atoms. The van der Waals surface area contributed by atoms with Crippen LogP contribution >= 0.6 is 0 Å². The quantitative estimate of drug-likeness (QED) is 0.259. The van der Waals surface area contributed by atoms with E-state index in [0.717, 1.165) is 5.57 Å². The molecule has 160 valence electrons. The topological polar surface area (TPSA) is 0 Å². The first-order chi connectivity index (χ1) is 16.1. The lowest BCUT2D eigenvalue weighted by Crippen LogP contribution is -1.91. The standard InChI is InChI=1S/C33H28/c1-5-7-14-24(3)15-8-9-16-26-21-22-32(30-19-11-10-17-28(26)30)33-23-25(4)27(6-2)29-18-12-13-20-31(29)33/h5-23H,1-3H2,4H3/b14-7-,15-8+,16-9+. The molecule has 0 saturated carbocycles. The van der Waals surface area contributed by atoms with Gasteiger partial charge in [-0.1, -0.05) is 135 Å². The van der Waals surface area contributed by atoms with Crippen LogP contribution in [0.25, 0.3) is 44.8 Å². The summed E-state index contributed by atoms with van der Waals surface area (Å²) in [4.78, 5) is 0. The summed E-state index contributed by atoms with van der Waals surface area (Å²) in [5.41, 5.74) is 7.07. The molecule has 0 aromatic heterocycles. The highest BCUT2D eigenvalue weighted by Gasteiger charge is 2.12. The molecule has 0 spiro atoms. The van der Waals surface area contributed by atoms with Gasteiger partial charge < -0.3 is 0 Å². The molecule has 0 amide bonds. The van der Waals surface area contributed by atoms with Crippen LogP contribution in [0.15, 0.2) is 128 Å². The van der Waals surface area contributed by atoms with Crippen LogP contribution in [-0.4, -0.2) is 0 Å². The van der Waals surface area contributed by atoms with Crippen LogP contribution in [0.4, 0.5) is 0 Å². The minimum atomic E-state index is 0.935.